The van der Waals surface area contributed by atoms with E-state index in [0.29, 0.717) is 12.1 Å². The topological polar surface area (TPSA) is 18.5 Å². The van der Waals surface area contributed by atoms with Gasteiger partial charge in [0.25, 0.3) is 0 Å². The van der Waals surface area contributed by atoms with Crippen LogP contribution in [0.25, 0.3) is 10.8 Å². The summed E-state index contributed by atoms with van der Waals surface area (Å²) in [4.78, 5) is 5.18. The lowest BCUT2D eigenvalue weighted by Gasteiger charge is -2.40. The minimum absolute atomic E-state index is 0.556. The van der Waals surface area contributed by atoms with Gasteiger partial charge < -0.3 is 10.2 Å². The number of hydrogen-bond acceptors (Lipinski definition) is 3. The van der Waals surface area contributed by atoms with Gasteiger partial charge in [0.05, 0.1) is 11.4 Å². The highest BCUT2D eigenvalue weighted by Gasteiger charge is 2.34. The van der Waals surface area contributed by atoms with Crippen molar-refractivity contribution in [1.82, 2.24) is 4.90 Å². The van der Waals surface area contributed by atoms with Crippen molar-refractivity contribution >= 4 is 22.1 Å². The summed E-state index contributed by atoms with van der Waals surface area (Å²) in [5, 5.41) is 6.34. The summed E-state index contributed by atoms with van der Waals surface area (Å²) in [6.07, 6.45) is 3.60. The fraction of sp³-hybridized carbons (Fsp3) is 0.292. The van der Waals surface area contributed by atoms with E-state index in [2.05, 4.69) is 82.4 Å². The Morgan fingerprint density at radius 1 is 0.852 bits per heavy atom. The van der Waals surface area contributed by atoms with Crippen LogP contribution >= 0.6 is 0 Å². The summed E-state index contributed by atoms with van der Waals surface area (Å²) in [5.74, 6) is 0. The molecule has 2 aliphatic heterocycles. The molecule has 1 fully saturated rings. The number of para-hydroxylation sites is 2. The van der Waals surface area contributed by atoms with E-state index in [4.69, 9.17) is 0 Å². The maximum absolute atomic E-state index is 3.43. The van der Waals surface area contributed by atoms with Crippen molar-refractivity contribution < 1.29 is 0 Å². The zero-order valence-corrected chi connectivity index (χ0v) is 15.4. The number of benzene rings is 3. The summed E-state index contributed by atoms with van der Waals surface area (Å²) in [7, 11) is 0. The number of hydrogen-bond donors (Lipinski definition) is 1. The lowest BCUT2D eigenvalue weighted by atomic mass is 9.98. The minimum Gasteiger partial charge on any atom is -0.360 e. The van der Waals surface area contributed by atoms with E-state index in [1.807, 2.05) is 0 Å². The maximum Gasteiger partial charge on any atom is 0.139 e. The number of nitrogens with zero attached hydrogens (tertiary/aromatic N) is 2. The fourth-order valence-electron chi connectivity index (χ4n) is 5.35. The summed E-state index contributed by atoms with van der Waals surface area (Å²) in [6.45, 7) is 4.51. The molecule has 0 unspecified atom stereocenters. The van der Waals surface area contributed by atoms with E-state index in [0.717, 1.165) is 0 Å². The first-order valence-electron chi connectivity index (χ1n) is 10.1. The van der Waals surface area contributed by atoms with Crippen LogP contribution in [0, 0.1) is 6.67 Å². The normalized spacial score (nSPS) is 22.2. The Kier molecular flexibility index (Phi) is 3.45. The van der Waals surface area contributed by atoms with Crippen LogP contribution in [0.4, 0.5) is 11.4 Å². The van der Waals surface area contributed by atoms with Gasteiger partial charge in [-0.15, -0.1) is 0 Å². The molecule has 3 aliphatic rings. The number of rotatable bonds is 2. The summed E-state index contributed by atoms with van der Waals surface area (Å²) < 4.78 is 0. The zero-order valence-electron chi connectivity index (χ0n) is 15.4. The van der Waals surface area contributed by atoms with Crippen molar-refractivity contribution in [3.05, 3.63) is 78.5 Å². The molecule has 0 bridgehead atoms. The molecule has 0 amide bonds. The fourth-order valence-corrected chi connectivity index (χ4v) is 5.35. The molecule has 1 saturated heterocycles. The molecule has 2 heterocycles. The Hall–Kier alpha value is -2.52. The average molecular weight is 354 g/mol. The van der Waals surface area contributed by atoms with Gasteiger partial charge >= 0.3 is 0 Å². The Labute approximate surface area is 160 Å². The first kappa shape index (κ1) is 15.5. The lowest BCUT2D eigenvalue weighted by molar-refractivity contribution is 0.155. The van der Waals surface area contributed by atoms with Gasteiger partial charge in [-0.3, -0.25) is 4.90 Å². The second kappa shape index (κ2) is 6.00. The highest BCUT2D eigenvalue weighted by atomic mass is 15.3. The molecular formula is C24H24N3. The molecule has 1 N–H and O–H groups in total. The van der Waals surface area contributed by atoms with Crippen LogP contribution in [0.3, 0.4) is 0 Å². The summed E-state index contributed by atoms with van der Waals surface area (Å²) in [5.41, 5.74) is 5.63. The third kappa shape index (κ3) is 2.38. The van der Waals surface area contributed by atoms with Gasteiger partial charge in [-0.05, 0) is 53.3 Å². The molecule has 3 nitrogen and oxygen atoms in total. The van der Waals surface area contributed by atoms with Crippen LogP contribution in [-0.2, 0) is 6.42 Å². The molecule has 6 rings (SSSR count). The van der Waals surface area contributed by atoms with E-state index in [1.165, 1.54) is 60.1 Å². The summed E-state index contributed by atoms with van der Waals surface area (Å²) >= 11 is 0. The molecule has 1 atom stereocenters. The molecule has 1 aliphatic carbocycles. The molecule has 3 heteroatoms. The molecule has 135 valence electrons. The number of fused-ring (bicyclic) bond motifs is 1. The largest absolute Gasteiger partial charge is 0.360 e. The second-order valence-corrected chi connectivity index (χ2v) is 8.05. The molecule has 0 aromatic heterocycles. The first-order valence-corrected chi connectivity index (χ1v) is 10.1. The molecule has 27 heavy (non-hydrogen) atoms. The van der Waals surface area contributed by atoms with Crippen molar-refractivity contribution in [2.45, 2.75) is 31.3 Å². The van der Waals surface area contributed by atoms with Crippen LogP contribution < -0.4 is 10.2 Å². The quantitative estimate of drug-likeness (QED) is 0.702. The Bertz CT molecular complexity index is 998. The van der Waals surface area contributed by atoms with Crippen molar-refractivity contribution in [1.29, 1.82) is 0 Å². The van der Waals surface area contributed by atoms with E-state index in [-0.39, 0.29) is 0 Å². The van der Waals surface area contributed by atoms with Gasteiger partial charge in [0, 0.05) is 25.2 Å². The molecular weight excluding hydrogens is 330 g/mol. The van der Waals surface area contributed by atoms with Gasteiger partial charge in [0.2, 0.25) is 0 Å². The highest BCUT2D eigenvalue weighted by molar-refractivity contribution is 5.91. The van der Waals surface area contributed by atoms with Crippen molar-refractivity contribution in [2.75, 3.05) is 23.3 Å². The highest BCUT2D eigenvalue weighted by Crippen LogP contribution is 2.42. The van der Waals surface area contributed by atoms with Gasteiger partial charge in [0.15, 0.2) is 0 Å². The van der Waals surface area contributed by atoms with Crippen LogP contribution in [0.1, 0.15) is 30.0 Å². The Morgan fingerprint density at radius 2 is 1.67 bits per heavy atom. The SMILES string of the molecule is [CH]1Nc2ccccc2N1C1CCN([C@@H]2Cc3cccc4cccc2c34)CC1. The number of nitrogens with one attached hydrogen (secondary N) is 1. The van der Waals surface area contributed by atoms with Crippen molar-refractivity contribution in [3.8, 4) is 0 Å². The van der Waals surface area contributed by atoms with Gasteiger partial charge in [-0.25, -0.2) is 0 Å². The standard InChI is InChI=1S/C24H24N3/c1-2-10-22-21(9-1)25-16-27(22)19-11-13-26(14-12-19)23-15-18-7-3-5-17-6-4-8-20(23)24(17)18/h1-10,16,19,23,25H,11-15H2/t23-/m1/s1. The van der Waals surface area contributed by atoms with Gasteiger partial charge in [-0.1, -0.05) is 48.5 Å². The second-order valence-electron chi connectivity index (χ2n) is 8.05. The van der Waals surface area contributed by atoms with E-state index >= 15 is 0 Å². The van der Waals surface area contributed by atoms with E-state index < -0.39 is 0 Å². The lowest BCUT2D eigenvalue weighted by Crippen LogP contribution is -2.44. The molecule has 0 spiro atoms. The number of likely N-dealkylation sites (tertiary alicyclic amines) is 1. The Balaban J connectivity index is 1.21. The third-order valence-corrected chi connectivity index (χ3v) is 6.67. The van der Waals surface area contributed by atoms with Gasteiger partial charge in [-0.2, -0.15) is 0 Å². The predicted molar refractivity (Wildman–Crippen MR) is 112 cm³/mol. The number of anilines is 2. The van der Waals surface area contributed by atoms with Crippen LogP contribution in [-0.4, -0.2) is 24.0 Å². The zero-order chi connectivity index (χ0) is 17.8. The third-order valence-electron chi connectivity index (χ3n) is 6.67. The maximum atomic E-state index is 3.43. The minimum atomic E-state index is 0.556. The average Bonchev–Trinajstić information content (AvgIpc) is 3.32. The van der Waals surface area contributed by atoms with E-state index in [9.17, 15) is 0 Å². The van der Waals surface area contributed by atoms with E-state index in [1.54, 1.807) is 5.56 Å². The molecule has 3 aromatic carbocycles. The Morgan fingerprint density at radius 3 is 2.56 bits per heavy atom. The van der Waals surface area contributed by atoms with Crippen molar-refractivity contribution in [2.24, 2.45) is 0 Å². The number of piperidine rings is 1. The van der Waals surface area contributed by atoms with Crippen LogP contribution in [0.15, 0.2) is 60.7 Å². The predicted octanol–water partition coefficient (Wildman–Crippen LogP) is 4.95. The van der Waals surface area contributed by atoms with Gasteiger partial charge in [0.1, 0.15) is 6.67 Å². The molecule has 1 radical (unpaired) electrons. The van der Waals surface area contributed by atoms with Crippen LogP contribution in [0.2, 0.25) is 0 Å². The summed E-state index contributed by atoms with van der Waals surface area (Å²) in [6, 6.07) is 23.4. The van der Waals surface area contributed by atoms with Crippen molar-refractivity contribution in [3.63, 3.8) is 0 Å². The first-order chi connectivity index (χ1) is 13.4. The smallest absolute Gasteiger partial charge is 0.139 e. The molecule has 0 saturated carbocycles. The molecule has 3 aromatic rings. The monoisotopic (exact) mass is 354 g/mol. The van der Waals surface area contributed by atoms with Crippen LogP contribution in [0.5, 0.6) is 0 Å².